The topological polar surface area (TPSA) is 68.7 Å². The quantitative estimate of drug-likeness (QED) is 0.831. The van der Waals surface area contributed by atoms with E-state index in [1.807, 2.05) is 12.1 Å². The van der Waals surface area contributed by atoms with Gasteiger partial charge in [0.2, 0.25) is 10.0 Å². The number of pyridine rings is 1. The predicted octanol–water partition coefficient (Wildman–Crippen LogP) is 1.04. The van der Waals surface area contributed by atoms with Crippen molar-refractivity contribution in [3.05, 3.63) is 24.5 Å². The Bertz CT molecular complexity index is 578. The molecule has 116 valence electrons. The summed E-state index contributed by atoms with van der Waals surface area (Å²) >= 11 is 0. The van der Waals surface area contributed by atoms with E-state index >= 15 is 0 Å². The lowest BCUT2D eigenvalue weighted by Crippen LogP contribution is -2.45. The summed E-state index contributed by atoms with van der Waals surface area (Å²) in [6, 6.07) is 3.68. The normalized spacial score (nSPS) is 30.0. The summed E-state index contributed by atoms with van der Waals surface area (Å²) in [5.41, 5.74) is 0. The van der Waals surface area contributed by atoms with Gasteiger partial charge in [-0.15, -0.1) is 0 Å². The summed E-state index contributed by atoms with van der Waals surface area (Å²) in [5, 5.41) is 0. The highest BCUT2D eigenvalue weighted by Crippen LogP contribution is 2.33. The molecule has 0 amide bonds. The van der Waals surface area contributed by atoms with Crippen LogP contribution in [-0.4, -0.2) is 55.4 Å². The fraction of sp³-hybridized carbons (Fsp3) is 0.643. The molecule has 3 atom stereocenters. The third-order valence-electron chi connectivity index (χ3n) is 4.08. The number of ether oxygens (including phenoxy) is 2. The summed E-state index contributed by atoms with van der Waals surface area (Å²) in [4.78, 5) is 4.00. The Balaban J connectivity index is 1.55. The van der Waals surface area contributed by atoms with Gasteiger partial charge in [-0.3, -0.25) is 4.98 Å². The molecule has 2 aliphatic heterocycles. The predicted molar refractivity (Wildman–Crippen MR) is 77.6 cm³/mol. The van der Waals surface area contributed by atoms with Crippen LogP contribution in [0.5, 0.6) is 5.75 Å². The molecule has 2 unspecified atom stereocenters. The minimum Gasteiger partial charge on any atom is -0.489 e. The molecular formula is C14H20N2O4S. The fourth-order valence-electron chi connectivity index (χ4n) is 3.11. The van der Waals surface area contributed by atoms with E-state index in [2.05, 4.69) is 4.98 Å². The molecule has 3 rings (SSSR count). The first-order valence-electron chi connectivity index (χ1n) is 7.19. The summed E-state index contributed by atoms with van der Waals surface area (Å²) in [6.45, 7) is 1.04. The monoisotopic (exact) mass is 312 g/mol. The minimum atomic E-state index is -3.13. The van der Waals surface area contributed by atoms with Gasteiger partial charge in [0.1, 0.15) is 12.4 Å². The van der Waals surface area contributed by atoms with Gasteiger partial charge in [0.25, 0.3) is 0 Å². The fourth-order valence-corrected chi connectivity index (χ4v) is 4.28. The molecule has 21 heavy (non-hydrogen) atoms. The molecule has 0 aliphatic carbocycles. The molecular weight excluding hydrogens is 292 g/mol. The Morgan fingerprint density at radius 3 is 3.00 bits per heavy atom. The highest BCUT2D eigenvalue weighted by molar-refractivity contribution is 7.88. The van der Waals surface area contributed by atoms with Crippen molar-refractivity contribution in [3.63, 3.8) is 0 Å². The number of rotatable bonds is 4. The van der Waals surface area contributed by atoms with Crippen LogP contribution in [0.2, 0.25) is 0 Å². The van der Waals surface area contributed by atoms with Crippen LogP contribution >= 0.6 is 0 Å². The molecule has 0 radical (unpaired) electrons. The lowest BCUT2D eigenvalue weighted by atomic mass is 10.0. The molecule has 2 aliphatic rings. The van der Waals surface area contributed by atoms with Crippen LogP contribution in [0.15, 0.2) is 24.5 Å². The first kappa shape index (κ1) is 14.7. The van der Waals surface area contributed by atoms with E-state index < -0.39 is 10.0 Å². The van der Waals surface area contributed by atoms with Gasteiger partial charge in [-0.05, 0) is 31.4 Å². The molecule has 1 aromatic rings. The van der Waals surface area contributed by atoms with Crippen LogP contribution in [0.25, 0.3) is 0 Å². The second-order valence-electron chi connectivity index (χ2n) is 5.60. The Kier molecular flexibility index (Phi) is 4.14. The van der Waals surface area contributed by atoms with E-state index in [4.69, 9.17) is 9.47 Å². The third-order valence-corrected chi connectivity index (χ3v) is 5.39. The van der Waals surface area contributed by atoms with Crippen LogP contribution in [0, 0.1) is 0 Å². The van der Waals surface area contributed by atoms with Crippen molar-refractivity contribution < 1.29 is 17.9 Å². The van der Waals surface area contributed by atoms with E-state index in [-0.39, 0.29) is 18.2 Å². The summed E-state index contributed by atoms with van der Waals surface area (Å²) < 4.78 is 36.7. The SMILES string of the molecule is CS(=O)(=O)N1CCC2O[C@@H](COc3cccnc3)CCC21. The number of hydrogen-bond acceptors (Lipinski definition) is 5. The number of nitrogens with zero attached hydrogens (tertiary/aromatic N) is 2. The van der Waals surface area contributed by atoms with Crippen molar-refractivity contribution in [3.8, 4) is 5.75 Å². The Labute approximate surface area is 125 Å². The molecule has 6 nitrogen and oxygen atoms in total. The zero-order valence-electron chi connectivity index (χ0n) is 12.0. The lowest BCUT2D eigenvalue weighted by molar-refractivity contribution is -0.0766. The largest absolute Gasteiger partial charge is 0.489 e. The third kappa shape index (κ3) is 3.36. The Morgan fingerprint density at radius 2 is 2.29 bits per heavy atom. The molecule has 1 aromatic heterocycles. The molecule has 3 heterocycles. The Morgan fingerprint density at radius 1 is 1.43 bits per heavy atom. The van der Waals surface area contributed by atoms with E-state index in [0.717, 1.165) is 25.0 Å². The highest BCUT2D eigenvalue weighted by Gasteiger charge is 2.43. The van der Waals surface area contributed by atoms with Crippen molar-refractivity contribution in [1.82, 2.24) is 9.29 Å². The van der Waals surface area contributed by atoms with Gasteiger partial charge in [-0.25, -0.2) is 8.42 Å². The van der Waals surface area contributed by atoms with E-state index in [9.17, 15) is 8.42 Å². The lowest BCUT2D eigenvalue weighted by Gasteiger charge is -2.34. The van der Waals surface area contributed by atoms with Crippen LogP contribution in [0.1, 0.15) is 19.3 Å². The van der Waals surface area contributed by atoms with Crippen molar-refractivity contribution >= 4 is 10.0 Å². The zero-order chi connectivity index (χ0) is 14.9. The molecule has 0 aromatic carbocycles. The second kappa shape index (κ2) is 5.90. The molecule has 0 N–H and O–H groups in total. The highest BCUT2D eigenvalue weighted by atomic mass is 32.2. The maximum absolute atomic E-state index is 11.7. The number of hydrogen-bond donors (Lipinski definition) is 0. The Hall–Kier alpha value is -1.18. The van der Waals surface area contributed by atoms with Gasteiger partial charge in [0.05, 0.1) is 30.7 Å². The van der Waals surface area contributed by atoms with Crippen molar-refractivity contribution in [1.29, 1.82) is 0 Å². The molecule has 0 bridgehead atoms. The molecule has 7 heteroatoms. The van der Waals surface area contributed by atoms with Gasteiger partial charge < -0.3 is 9.47 Å². The first-order chi connectivity index (χ1) is 10.0. The standard InChI is InChI=1S/C14H20N2O4S/c1-21(17,18)16-8-6-14-13(16)5-4-12(20-14)10-19-11-3-2-7-15-9-11/h2-3,7,9,12-14H,4-6,8,10H2,1H3/t12-,13?,14?/m1/s1. The van der Waals surface area contributed by atoms with Crippen LogP contribution < -0.4 is 4.74 Å². The summed E-state index contributed by atoms with van der Waals surface area (Å²) in [5.74, 6) is 0.729. The summed E-state index contributed by atoms with van der Waals surface area (Å²) in [7, 11) is -3.13. The average Bonchev–Trinajstić information content (AvgIpc) is 2.89. The van der Waals surface area contributed by atoms with Gasteiger partial charge in [-0.1, -0.05) is 0 Å². The molecule has 0 spiro atoms. The van der Waals surface area contributed by atoms with Gasteiger partial charge >= 0.3 is 0 Å². The second-order valence-corrected chi connectivity index (χ2v) is 7.54. The van der Waals surface area contributed by atoms with E-state index in [0.29, 0.717) is 13.2 Å². The smallest absolute Gasteiger partial charge is 0.211 e. The number of sulfonamides is 1. The van der Waals surface area contributed by atoms with Gasteiger partial charge in [-0.2, -0.15) is 4.31 Å². The van der Waals surface area contributed by atoms with Crippen molar-refractivity contribution in [2.75, 3.05) is 19.4 Å². The van der Waals surface area contributed by atoms with Crippen LogP contribution in [0.3, 0.4) is 0 Å². The van der Waals surface area contributed by atoms with Crippen LogP contribution in [0.4, 0.5) is 0 Å². The zero-order valence-corrected chi connectivity index (χ0v) is 12.8. The molecule has 0 saturated carbocycles. The average molecular weight is 312 g/mol. The van der Waals surface area contributed by atoms with Crippen molar-refractivity contribution in [2.45, 2.75) is 37.5 Å². The maximum atomic E-state index is 11.7. The number of fused-ring (bicyclic) bond motifs is 1. The number of aromatic nitrogens is 1. The van der Waals surface area contributed by atoms with Crippen molar-refractivity contribution in [2.24, 2.45) is 0 Å². The summed E-state index contributed by atoms with van der Waals surface area (Å²) in [6.07, 6.45) is 7.07. The minimum absolute atomic E-state index is 0.00373. The van der Waals surface area contributed by atoms with Gasteiger partial charge in [0.15, 0.2) is 0 Å². The molecule has 2 fully saturated rings. The molecule has 2 saturated heterocycles. The van der Waals surface area contributed by atoms with E-state index in [1.165, 1.54) is 6.26 Å². The maximum Gasteiger partial charge on any atom is 0.211 e. The van der Waals surface area contributed by atoms with E-state index in [1.54, 1.807) is 16.7 Å². The van der Waals surface area contributed by atoms with Gasteiger partial charge in [0, 0.05) is 12.7 Å². The first-order valence-corrected chi connectivity index (χ1v) is 9.04. The van der Waals surface area contributed by atoms with Crippen LogP contribution in [-0.2, 0) is 14.8 Å².